The van der Waals surface area contributed by atoms with Gasteiger partial charge in [0.15, 0.2) is 0 Å². The average Bonchev–Trinajstić information content (AvgIpc) is 2.26. The van der Waals surface area contributed by atoms with Crippen LogP contribution in [0.4, 0.5) is 0 Å². The highest BCUT2D eigenvalue weighted by atomic mass is 31.2. The van der Waals surface area contributed by atoms with Crippen LogP contribution in [0.25, 0.3) is 0 Å². The molecule has 0 spiro atoms. The van der Waals surface area contributed by atoms with E-state index in [-0.39, 0.29) is 18.2 Å². The highest BCUT2D eigenvalue weighted by Crippen LogP contribution is 2.42. The maximum Gasteiger partial charge on any atom is 0.348 e. The van der Waals surface area contributed by atoms with Crippen molar-refractivity contribution in [1.82, 2.24) is 0 Å². The lowest BCUT2D eigenvalue weighted by Crippen LogP contribution is -2.63. The third-order valence-electron chi connectivity index (χ3n) is 3.19. The predicted octanol–water partition coefficient (Wildman–Crippen LogP) is -0.790. The molecule has 0 aromatic heterocycles. The summed E-state index contributed by atoms with van der Waals surface area (Å²) in [6.45, 7) is 0.304. The highest BCUT2D eigenvalue weighted by Gasteiger charge is 2.50. The van der Waals surface area contributed by atoms with Crippen LogP contribution in [0.5, 0.6) is 0 Å². The number of hydrogen-bond donors (Lipinski definition) is 2. The predicted molar refractivity (Wildman–Crippen MR) is 62.5 cm³/mol. The van der Waals surface area contributed by atoms with Gasteiger partial charge in [-0.3, -0.25) is 4.57 Å². The van der Waals surface area contributed by atoms with Crippen LogP contribution in [-0.4, -0.2) is 55.2 Å². The molecule has 6 nitrogen and oxygen atoms in total. The molecule has 0 saturated carbocycles. The first-order valence-electron chi connectivity index (χ1n) is 5.43. The van der Waals surface area contributed by atoms with E-state index in [9.17, 15) is 4.57 Å². The molecule has 2 bridgehead atoms. The fourth-order valence-electron chi connectivity index (χ4n) is 2.42. The smallest absolute Gasteiger partial charge is 0.348 e. The normalized spacial score (nSPS) is 42.2. The summed E-state index contributed by atoms with van der Waals surface area (Å²) in [5.74, 6) is 0.876. The van der Waals surface area contributed by atoms with E-state index < -0.39 is 13.2 Å². The molecule has 0 amide bonds. The number of methoxy groups -OCH3 is 1. The Kier molecular flexibility index (Phi) is 3.51. The molecule has 0 radical (unpaired) electrons. The molecule has 3 saturated heterocycles. The van der Waals surface area contributed by atoms with Gasteiger partial charge in [0.25, 0.3) is 0 Å². The maximum absolute atomic E-state index is 10.9. The SMILES string of the molecule is BC1O[C@@]2(/C=C/P(=O)(O)O)CO[C@@H]1[C@H](OC)C2. The lowest BCUT2D eigenvalue weighted by molar-refractivity contribution is -0.267. The van der Waals surface area contributed by atoms with E-state index >= 15 is 0 Å². The van der Waals surface area contributed by atoms with Crippen LogP contribution < -0.4 is 0 Å². The Morgan fingerprint density at radius 3 is 2.82 bits per heavy atom. The molecule has 3 fully saturated rings. The minimum absolute atomic E-state index is 0.103. The largest absolute Gasteiger partial charge is 0.379 e. The van der Waals surface area contributed by atoms with E-state index in [0.29, 0.717) is 13.0 Å². The van der Waals surface area contributed by atoms with Gasteiger partial charge in [-0.25, -0.2) is 0 Å². The Labute approximate surface area is 101 Å². The maximum atomic E-state index is 10.9. The van der Waals surface area contributed by atoms with Crippen LogP contribution in [0.15, 0.2) is 11.9 Å². The van der Waals surface area contributed by atoms with Crippen molar-refractivity contribution in [1.29, 1.82) is 0 Å². The molecule has 0 aromatic rings. The lowest BCUT2D eigenvalue weighted by Gasteiger charge is -2.51. The van der Waals surface area contributed by atoms with Gasteiger partial charge in [0, 0.05) is 19.3 Å². The van der Waals surface area contributed by atoms with Gasteiger partial charge in [-0.15, -0.1) is 0 Å². The van der Waals surface area contributed by atoms with Gasteiger partial charge >= 0.3 is 7.60 Å². The van der Waals surface area contributed by atoms with Crippen molar-refractivity contribution in [2.45, 2.75) is 30.2 Å². The van der Waals surface area contributed by atoms with Gasteiger partial charge in [-0.2, -0.15) is 0 Å². The first-order valence-corrected chi connectivity index (χ1v) is 7.11. The summed E-state index contributed by atoms with van der Waals surface area (Å²) in [7, 11) is -0.707. The molecule has 96 valence electrons. The number of fused-ring (bicyclic) bond motifs is 3. The monoisotopic (exact) mass is 262 g/mol. The van der Waals surface area contributed by atoms with E-state index in [1.807, 2.05) is 7.85 Å². The summed E-state index contributed by atoms with van der Waals surface area (Å²) < 4.78 is 27.5. The van der Waals surface area contributed by atoms with Crippen molar-refractivity contribution in [2.75, 3.05) is 13.7 Å². The minimum Gasteiger partial charge on any atom is -0.379 e. The van der Waals surface area contributed by atoms with Crippen molar-refractivity contribution in [2.24, 2.45) is 0 Å². The lowest BCUT2D eigenvalue weighted by atomic mass is 9.78. The zero-order chi connectivity index (χ0) is 12.7. The van der Waals surface area contributed by atoms with Crippen molar-refractivity contribution in [3.8, 4) is 0 Å². The zero-order valence-corrected chi connectivity index (χ0v) is 10.7. The summed E-state index contributed by atoms with van der Waals surface area (Å²) in [5, 5.41) is 0. The van der Waals surface area contributed by atoms with E-state index in [1.165, 1.54) is 6.08 Å². The first-order chi connectivity index (χ1) is 7.85. The highest BCUT2D eigenvalue weighted by molar-refractivity contribution is 7.55. The van der Waals surface area contributed by atoms with Crippen LogP contribution in [0.1, 0.15) is 6.42 Å². The van der Waals surface area contributed by atoms with Crippen molar-refractivity contribution < 1.29 is 28.6 Å². The van der Waals surface area contributed by atoms with E-state index in [1.54, 1.807) is 7.11 Å². The molecular formula is C9H16BO6P. The molecule has 1 unspecified atom stereocenters. The van der Waals surface area contributed by atoms with E-state index in [4.69, 9.17) is 24.0 Å². The Bertz CT molecular complexity index is 368. The topological polar surface area (TPSA) is 85.2 Å². The number of ether oxygens (including phenoxy) is 3. The zero-order valence-electron chi connectivity index (χ0n) is 9.78. The van der Waals surface area contributed by atoms with Crippen LogP contribution >= 0.6 is 7.60 Å². The van der Waals surface area contributed by atoms with E-state index in [0.717, 1.165) is 5.82 Å². The fraction of sp³-hybridized carbons (Fsp3) is 0.778. The van der Waals surface area contributed by atoms with Crippen LogP contribution in [0.2, 0.25) is 0 Å². The first kappa shape index (κ1) is 13.3. The molecule has 2 N–H and O–H groups in total. The average molecular weight is 262 g/mol. The van der Waals surface area contributed by atoms with Crippen molar-refractivity contribution in [3.05, 3.63) is 11.9 Å². The second-order valence-electron chi connectivity index (χ2n) is 4.55. The Balaban J connectivity index is 2.19. The minimum atomic E-state index is -4.18. The Morgan fingerprint density at radius 1 is 1.59 bits per heavy atom. The number of hydrogen-bond acceptors (Lipinski definition) is 4. The third kappa shape index (κ3) is 2.81. The van der Waals surface area contributed by atoms with Gasteiger partial charge in [-0.1, -0.05) is 0 Å². The van der Waals surface area contributed by atoms with Crippen molar-refractivity contribution in [3.63, 3.8) is 0 Å². The second kappa shape index (κ2) is 4.50. The molecule has 3 heterocycles. The fourth-order valence-corrected chi connectivity index (χ4v) is 2.89. The molecule has 3 aliphatic heterocycles. The molecule has 3 rings (SSSR count). The quantitative estimate of drug-likeness (QED) is 0.512. The van der Waals surface area contributed by atoms with Gasteiger partial charge < -0.3 is 24.0 Å². The molecule has 0 aliphatic carbocycles. The van der Waals surface area contributed by atoms with Gasteiger partial charge in [0.1, 0.15) is 19.6 Å². The Hall–Kier alpha value is -0.165. The molecule has 0 aromatic carbocycles. The third-order valence-corrected chi connectivity index (χ3v) is 3.73. The summed E-state index contributed by atoms with van der Waals surface area (Å²) in [6, 6.07) is -0.149. The van der Waals surface area contributed by atoms with Crippen LogP contribution in [-0.2, 0) is 18.8 Å². The standard InChI is InChI=1S/C9H16BO6P/c1-14-6-4-9(2-3-17(11,12)13)5-15-7(6)8(10)16-9/h2-3,6-8H,4-5,10H2,1H3,(H2,11,12,13)/b3-2+/t6-,7-,8?,9-/m1/s1. The van der Waals surface area contributed by atoms with E-state index in [2.05, 4.69) is 0 Å². The van der Waals surface area contributed by atoms with Gasteiger partial charge in [0.05, 0.1) is 18.7 Å². The molecule has 4 atom stereocenters. The van der Waals surface area contributed by atoms with Crippen molar-refractivity contribution >= 4 is 15.4 Å². The number of rotatable bonds is 3. The second-order valence-corrected chi connectivity index (χ2v) is 6.02. The van der Waals surface area contributed by atoms with Crippen LogP contribution in [0, 0.1) is 0 Å². The van der Waals surface area contributed by atoms with Gasteiger partial charge in [0.2, 0.25) is 0 Å². The van der Waals surface area contributed by atoms with Gasteiger partial charge in [-0.05, 0) is 6.08 Å². The molecule has 17 heavy (non-hydrogen) atoms. The Morgan fingerprint density at radius 2 is 2.29 bits per heavy atom. The summed E-state index contributed by atoms with van der Waals surface area (Å²) in [6.07, 6.45) is 1.75. The molecule has 8 heteroatoms. The summed E-state index contributed by atoms with van der Waals surface area (Å²) >= 11 is 0. The van der Waals surface area contributed by atoms with Crippen LogP contribution in [0.3, 0.4) is 0 Å². The molecular weight excluding hydrogens is 246 g/mol. The molecule has 3 aliphatic rings. The summed E-state index contributed by atoms with van der Waals surface area (Å²) in [5.41, 5.74) is -0.782. The summed E-state index contributed by atoms with van der Waals surface area (Å²) in [4.78, 5) is 17.7.